The van der Waals surface area contributed by atoms with Crippen LogP contribution in [0.2, 0.25) is 0 Å². The zero-order chi connectivity index (χ0) is 7.56. The van der Waals surface area contributed by atoms with Crippen LogP contribution in [0.25, 0.3) is 0 Å². The van der Waals surface area contributed by atoms with E-state index in [1.54, 1.807) is 10.9 Å². The lowest BCUT2D eigenvalue weighted by molar-refractivity contribution is 0.267. The first kappa shape index (κ1) is 7.28. The predicted molar refractivity (Wildman–Crippen MR) is 38.6 cm³/mol. The summed E-state index contributed by atoms with van der Waals surface area (Å²) >= 11 is 0. The van der Waals surface area contributed by atoms with Gasteiger partial charge in [-0.2, -0.15) is 5.10 Å². The van der Waals surface area contributed by atoms with Gasteiger partial charge in [-0.3, -0.25) is 4.68 Å². The summed E-state index contributed by atoms with van der Waals surface area (Å²) in [6.07, 6.45) is 1.77. The number of hydrogen-bond acceptors (Lipinski definition) is 2. The molecule has 0 spiro atoms. The van der Waals surface area contributed by atoms with Gasteiger partial charge in [-0.15, -0.1) is 0 Å². The third kappa shape index (κ3) is 1.04. The van der Waals surface area contributed by atoms with Crippen LogP contribution in [0.4, 0.5) is 0 Å². The van der Waals surface area contributed by atoms with Crippen molar-refractivity contribution in [1.82, 2.24) is 9.78 Å². The molecule has 0 aliphatic rings. The van der Waals surface area contributed by atoms with E-state index in [4.69, 9.17) is 5.11 Å². The Morgan fingerprint density at radius 1 is 1.70 bits per heavy atom. The largest absolute Gasteiger partial charge is 0.390 e. The molecular weight excluding hydrogens is 128 g/mol. The molecule has 10 heavy (non-hydrogen) atoms. The number of hydrogen-bond donors (Lipinski definition) is 1. The maximum atomic E-state index is 8.86. The minimum atomic E-state index is 0.0830. The fourth-order valence-electron chi connectivity index (χ4n) is 0.983. The number of rotatable bonds is 2. The number of aliphatic hydroxyl groups is 1. The molecule has 0 radical (unpaired) electrons. The first-order valence-corrected chi connectivity index (χ1v) is 3.41. The van der Waals surface area contributed by atoms with Gasteiger partial charge in [-0.1, -0.05) is 0 Å². The molecule has 0 bridgehead atoms. The van der Waals surface area contributed by atoms with Gasteiger partial charge in [-0.05, 0) is 19.4 Å². The van der Waals surface area contributed by atoms with Gasteiger partial charge in [-0.25, -0.2) is 0 Å². The van der Waals surface area contributed by atoms with Gasteiger partial charge in [0.25, 0.3) is 0 Å². The van der Waals surface area contributed by atoms with Gasteiger partial charge in [0.1, 0.15) is 0 Å². The summed E-state index contributed by atoms with van der Waals surface area (Å²) < 4.78 is 1.80. The smallest absolute Gasteiger partial charge is 0.0852 e. The number of aryl methyl sites for hydroxylation is 2. The Labute approximate surface area is 60.3 Å². The fraction of sp³-hybridized carbons (Fsp3) is 0.571. The van der Waals surface area contributed by atoms with Crippen LogP contribution in [0.3, 0.4) is 0 Å². The zero-order valence-corrected chi connectivity index (χ0v) is 6.33. The van der Waals surface area contributed by atoms with Gasteiger partial charge < -0.3 is 5.11 Å². The van der Waals surface area contributed by atoms with Crippen molar-refractivity contribution in [3.05, 3.63) is 17.5 Å². The van der Waals surface area contributed by atoms with Crippen molar-refractivity contribution in [3.8, 4) is 0 Å². The van der Waals surface area contributed by atoms with Crippen LogP contribution >= 0.6 is 0 Å². The Balaban J connectivity index is 3.01. The number of aliphatic hydroxyl groups excluding tert-OH is 1. The van der Waals surface area contributed by atoms with E-state index in [0.29, 0.717) is 0 Å². The summed E-state index contributed by atoms with van der Waals surface area (Å²) in [7, 11) is 0. The maximum Gasteiger partial charge on any atom is 0.0852 e. The molecule has 3 nitrogen and oxygen atoms in total. The molecule has 1 N–H and O–H groups in total. The van der Waals surface area contributed by atoms with Crippen molar-refractivity contribution in [2.24, 2.45) is 0 Å². The molecule has 1 heterocycles. The standard InChI is InChI=1S/C7H12N2O/c1-3-9-7(5-10)6(2)4-8-9/h4,10H,3,5H2,1-2H3. The zero-order valence-electron chi connectivity index (χ0n) is 6.33. The third-order valence-electron chi connectivity index (χ3n) is 1.61. The topological polar surface area (TPSA) is 38.0 Å². The van der Waals surface area contributed by atoms with Crippen molar-refractivity contribution in [2.45, 2.75) is 27.0 Å². The molecule has 1 aromatic heterocycles. The second-order valence-corrected chi connectivity index (χ2v) is 2.25. The Bertz CT molecular complexity index is 217. The van der Waals surface area contributed by atoms with Crippen LogP contribution < -0.4 is 0 Å². The van der Waals surface area contributed by atoms with Gasteiger partial charge in [0, 0.05) is 6.54 Å². The van der Waals surface area contributed by atoms with E-state index in [1.165, 1.54) is 0 Å². The molecule has 0 amide bonds. The van der Waals surface area contributed by atoms with Gasteiger partial charge in [0.2, 0.25) is 0 Å². The molecule has 3 heteroatoms. The second kappa shape index (κ2) is 2.84. The summed E-state index contributed by atoms with van der Waals surface area (Å²) in [5.74, 6) is 0. The van der Waals surface area contributed by atoms with E-state index in [-0.39, 0.29) is 6.61 Å². The maximum absolute atomic E-state index is 8.86. The summed E-state index contributed by atoms with van der Waals surface area (Å²) in [4.78, 5) is 0. The minimum absolute atomic E-state index is 0.0830. The van der Waals surface area contributed by atoms with Crippen molar-refractivity contribution in [3.63, 3.8) is 0 Å². The first-order chi connectivity index (χ1) is 4.79. The number of nitrogens with zero attached hydrogens (tertiary/aromatic N) is 2. The molecule has 0 saturated heterocycles. The van der Waals surface area contributed by atoms with Gasteiger partial charge in [0.05, 0.1) is 18.5 Å². The van der Waals surface area contributed by atoms with Crippen molar-refractivity contribution >= 4 is 0 Å². The molecule has 0 unspecified atom stereocenters. The predicted octanol–water partition coefficient (Wildman–Crippen LogP) is 0.704. The van der Waals surface area contributed by atoms with Crippen LogP contribution in [0, 0.1) is 6.92 Å². The van der Waals surface area contributed by atoms with E-state index in [1.807, 2.05) is 13.8 Å². The fourth-order valence-corrected chi connectivity index (χ4v) is 0.983. The molecule has 1 rings (SSSR count). The Morgan fingerprint density at radius 2 is 2.40 bits per heavy atom. The van der Waals surface area contributed by atoms with Crippen molar-refractivity contribution in [2.75, 3.05) is 0 Å². The highest BCUT2D eigenvalue weighted by atomic mass is 16.3. The molecule has 1 aromatic rings. The third-order valence-corrected chi connectivity index (χ3v) is 1.61. The van der Waals surface area contributed by atoms with Crippen molar-refractivity contribution < 1.29 is 5.11 Å². The molecule has 0 saturated carbocycles. The Kier molecular flexibility index (Phi) is 2.06. The summed E-state index contributed by atoms with van der Waals surface area (Å²) in [5, 5.41) is 12.9. The summed E-state index contributed by atoms with van der Waals surface area (Å²) in [5.41, 5.74) is 1.98. The Morgan fingerprint density at radius 3 is 2.80 bits per heavy atom. The van der Waals surface area contributed by atoms with Crippen LogP contribution in [0.1, 0.15) is 18.2 Å². The van der Waals surface area contributed by atoms with E-state index in [0.717, 1.165) is 17.8 Å². The normalized spacial score (nSPS) is 10.3. The van der Waals surface area contributed by atoms with Crippen molar-refractivity contribution in [1.29, 1.82) is 0 Å². The van der Waals surface area contributed by atoms with Gasteiger partial charge in [0.15, 0.2) is 0 Å². The highest BCUT2D eigenvalue weighted by Crippen LogP contribution is 2.05. The van der Waals surface area contributed by atoms with Gasteiger partial charge >= 0.3 is 0 Å². The molecule has 0 fully saturated rings. The van der Waals surface area contributed by atoms with E-state index >= 15 is 0 Å². The molecular formula is C7H12N2O. The van der Waals surface area contributed by atoms with Crippen LogP contribution in [-0.2, 0) is 13.2 Å². The quantitative estimate of drug-likeness (QED) is 0.656. The van der Waals surface area contributed by atoms with E-state index in [9.17, 15) is 0 Å². The lowest BCUT2D eigenvalue weighted by Crippen LogP contribution is -2.02. The molecule has 0 aliphatic carbocycles. The molecule has 56 valence electrons. The van der Waals surface area contributed by atoms with Crippen LogP contribution in [0.15, 0.2) is 6.20 Å². The second-order valence-electron chi connectivity index (χ2n) is 2.25. The SMILES string of the molecule is CCn1ncc(C)c1CO. The molecule has 0 aromatic carbocycles. The first-order valence-electron chi connectivity index (χ1n) is 3.41. The number of aromatic nitrogens is 2. The van der Waals surface area contributed by atoms with Crippen LogP contribution in [0.5, 0.6) is 0 Å². The van der Waals surface area contributed by atoms with Crippen LogP contribution in [-0.4, -0.2) is 14.9 Å². The average Bonchev–Trinajstić information content (AvgIpc) is 2.30. The summed E-state index contributed by atoms with van der Waals surface area (Å²) in [6.45, 7) is 4.86. The monoisotopic (exact) mass is 140 g/mol. The lowest BCUT2D eigenvalue weighted by atomic mass is 10.3. The molecule has 0 aliphatic heterocycles. The lowest BCUT2D eigenvalue weighted by Gasteiger charge is -2.00. The highest BCUT2D eigenvalue weighted by Gasteiger charge is 2.02. The average molecular weight is 140 g/mol. The highest BCUT2D eigenvalue weighted by molar-refractivity contribution is 5.14. The van der Waals surface area contributed by atoms with E-state index in [2.05, 4.69) is 5.10 Å². The Hall–Kier alpha value is -0.830. The molecule has 0 atom stereocenters. The minimum Gasteiger partial charge on any atom is -0.390 e. The summed E-state index contributed by atoms with van der Waals surface area (Å²) in [6, 6.07) is 0. The van der Waals surface area contributed by atoms with E-state index < -0.39 is 0 Å².